The molecule has 0 aliphatic heterocycles. The Balaban J connectivity index is 2.16. The molecular weight excluding hydrogens is 268 g/mol. The number of alkyl halides is 2. The summed E-state index contributed by atoms with van der Waals surface area (Å²) in [5.41, 5.74) is 3.81. The van der Waals surface area contributed by atoms with Gasteiger partial charge in [-0.15, -0.1) is 0 Å². The lowest BCUT2D eigenvalue weighted by Gasteiger charge is -2.35. The molecule has 2 rings (SSSR count). The van der Waals surface area contributed by atoms with Crippen molar-refractivity contribution in [2.45, 2.75) is 64.8 Å². The van der Waals surface area contributed by atoms with Crippen molar-refractivity contribution in [2.75, 3.05) is 6.54 Å². The van der Waals surface area contributed by atoms with Gasteiger partial charge in [0.2, 0.25) is 5.92 Å². The molecule has 1 nitrogen and oxygen atoms in total. The van der Waals surface area contributed by atoms with Gasteiger partial charge in [-0.25, -0.2) is 8.78 Å². The Kier molecular flexibility index (Phi) is 5.37. The second kappa shape index (κ2) is 6.87. The molecule has 1 N–H and O–H groups in total. The molecule has 3 heteroatoms. The second-order valence-electron chi connectivity index (χ2n) is 6.47. The molecule has 1 aromatic rings. The van der Waals surface area contributed by atoms with Crippen LogP contribution in [-0.4, -0.2) is 12.5 Å². The molecule has 0 spiro atoms. The molecule has 1 aliphatic carbocycles. The number of benzene rings is 1. The first-order chi connectivity index (χ1) is 9.93. The Morgan fingerprint density at radius 3 is 2.43 bits per heavy atom. The maximum absolute atomic E-state index is 13.4. The minimum Gasteiger partial charge on any atom is -0.310 e. The summed E-state index contributed by atoms with van der Waals surface area (Å²) in [6, 6.07) is 6.72. The fraction of sp³-hybridized carbons (Fsp3) is 0.667. The number of hydrogen-bond acceptors (Lipinski definition) is 1. The summed E-state index contributed by atoms with van der Waals surface area (Å²) >= 11 is 0. The summed E-state index contributed by atoms with van der Waals surface area (Å²) in [7, 11) is 0. The van der Waals surface area contributed by atoms with Crippen molar-refractivity contribution in [3.63, 3.8) is 0 Å². The van der Waals surface area contributed by atoms with Gasteiger partial charge in [-0.1, -0.05) is 25.1 Å². The highest BCUT2D eigenvalue weighted by Crippen LogP contribution is 2.41. The van der Waals surface area contributed by atoms with Crippen LogP contribution in [-0.2, 0) is 0 Å². The topological polar surface area (TPSA) is 12.0 Å². The first kappa shape index (κ1) is 16.4. The zero-order valence-corrected chi connectivity index (χ0v) is 13.4. The Labute approximate surface area is 127 Å². The largest absolute Gasteiger partial charge is 0.310 e. The average Bonchev–Trinajstić information content (AvgIpc) is 2.44. The molecule has 0 bridgehead atoms. The van der Waals surface area contributed by atoms with Gasteiger partial charge in [-0.05, 0) is 62.3 Å². The van der Waals surface area contributed by atoms with Gasteiger partial charge in [0, 0.05) is 18.9 Å². The predicted octanol–water partition coefficient (Wildman–Crippen LogP) is 5.17. The summed E-state index contributed by atoms with van der Waals surface area (Å²) in [5, 5.41) is 3.58. The highest BCUT2D eigenvalue weighted by atomic mass is 19.3. The molecule has 0 amide bonds. The molecule has 1 aliphatic rings. The van der Waals surface area contributed by atoms with Crippen LogP contribution in [0.5, 0.6) is 0 Å². The van der Waals surface area contributed by atoms with E-state index in [0.717, 1.165) is 13.0 Å². The third-order valence-electron chi connectivity index (χ3n) is 4.74. The molecule has 1 fully saturated rings. The summed E-state index contributed by atoms with van der Waals surface area (Å²) in [6.07, 6.45) is 2.35. The fourth-order valence-corrected chi connectivity index (χ4v) is 3.21. The van der Waals surface area contributed by atoms with Gasteiger partial charge in [0.15, 0.2) is 0 Å². The average molecular weight is 295 g/mol. The van der Waals surface area contributed by atoms with E-state index in [-0.39, 0.29) is 18.9 Å². The molecule has 1 unspecified atom stereocenters. The summed E-state index contributed by atoms with van der Waals surface area (Å²) in [6.45, 7) is 7.30. The quantitative estimate of drug-likeness (QED) is 0.790. The van der Waals surface area contributed by atoms with Gasteiger partial charge < -0.3 is 5.32 Å². The van der Waals surface area contributed by atoms with E-state index in [1.54, 1.807) is 0 Å². The van der Waals surface area contributed by atoms with Gasteiger partial charge in [0.1, 0.15) is 0 Å². The third kappa shape index (κ3) is 4.26. The highest BCUT2D eigenvalue weighted by molar-refractivity contribution is 5.32. The SMILES string of the molecule is CCCNC(c1ccc(C)c(C)c1)C1CCC(F)(F)CC1. The lowest BCUT2D eigenvalue weighted by Crippen LogP contribution is -2.34. The van der Waals surface area contributed by atoms with Crippen LogP contribution in [0.1, 0.15) is 61.8 Å². The van der Waals surface area contributed by atoms with Crippen molar-refractivity contribution in [2.24, 2.45) is 5.92 Å². The van der Waals surface area contributed by atoms with Crippen LogP contribution >= 0.6 is 0 Å². The van der Waals surface area contributed by atoms with Gasteiger partial charge in [0.25, 0.3) is 0 Å². The lowest BCUT2D eigenvalue weighted by atomic mass is 9.79. The minimum absolute atomic E-state index is 0.0345. The van der Waals surface area contributed by atoms with Crippen LogP contribution in [0.2, 0.25) is 0 Å². The molecule has 1 aromatic carbocycles. The standard InChI is InChI=1S/C18H27F2N/c1-4-11-21-17(15-7-9-18(19,20)10-8-15)16-6-5-13(2)14(3)12-16/h5-6,12,15,17,21H,4,7-11H2,1-3H3. The first-order valence-corrected chi connectivity index (χ1v) is 8.11. The van der Waals surface area contributed by atoms with Crippen molar-refractivity contribution in [3.8, 4) is 0 Å². The monoisotopic (exact) mass is 295 g/mol. The fourth-order valence-electron chi connectivity index (χ4n) is 3.21. The lowest BCUT2D eigenvalue weighted by molar-refractivity contribution is -0.0497. The number of halogens is 2. The van der Waals surface area contributed by atoms with Crippen LogP contribution < -0.4 is 5.32 Å². The number of rotatable bonds is 5. The molecule has 0 saturated heterocycles. The van der Waals surface area contributed by atoms with Crippen molar-refractivity contribution >= 4 is 0 Å². The van der Waals surface area contributed by atoms with Crippen LogP contribution in [0.25, 0.3) is 0 Å². The highest BCUT2D eigenvalue weighted by Gasteiger charge is 2.37. The van der Waals surface area contributed by atoms with Crippen molar-refractivity contribution in [1.29, 1.82) is 0 Å². The van der Waals surface area contributed by atoms with E-state index in [1.165, 1.54) is 16.7 Å². The first-order valence-electron chi connectivity index (χ1n) is 8.11. The summed E-state index contributed by atoms with van der Waals surface area (Å²) in [4.78, 5) is 0. The molecule has 0 heterocycles. The zero-order valence-electron chi connectivity index (χ0n) is 13.4. The Bertz CT molecular complexity index is 460. The number of hydrogen-bond donors (Lipinski definition) is 1. The molecule has 1 saturated carbocycles. The van der Waals surface area contributed by atoms with Crippen LogP contribution in [0, 0.1) is 19.8 Å². The molecule has 118 valence electrons. The van der Waals surface area contributed by atoms with E-state index >= 15 is 0 Å². The maximum atomic E-state index is 13.4. The normalized spacial score (nSPS) is 20.4. The maximum Gasteiger partial charge on any atom is 0.248 e. The van der Waals surface area contributed by atoms with E-state index in [1.807, 2.05) is 0 Å². The van der Waals surface area contributed by atoms with Crippen LogP contribution in [0.3, 0.4) is 0 Å². The van der Waals surface area contributed by atoms with Gasteiger partial charge in [-0.2, -0.15) is 0 Å². The van der Waals surface area contributed by atoms with E-state index < -0.39 is 5.92 Å². The Hall–Kier alpha value is -0.960. The third-order valence-corrected chi connectivity index (χ3v) is 4.74. The smallest absolute Gasteiger partial charge is 0.248 e. The van der Waals surface area contributed by atoms with E-state index in [4.69, 9.17) is 0 Å². The minimum atomic E-state index is -2.45. The molecular formula is C18H27F2N. The summed E-state index contributed by atoms with van der Waals surface area (Å²) in [5.74, 6) is -2.13. The summed E-state index contributed by atoms with van der Waals surface area (Å²) < 4.78 is 26.8. The number of aryl methyl sites for hydroxylation is 2. The van der Waals surface area contributed by atoms with Gasteiger partial charge in [0.05, 0.1) is 0 Å². The molecule has 1 atom stereocenters. The zero-order chi connectivity index (χ0) is 15.5. The Morgan fingerprint density at radius 2 is 1.86 bits per heavy atom. The van der Waals surface area contributed by atoms with E-state index in [9.17, 15) is 8.78 Å². The van der Waals surface area contributed by atoms with Crippen LogP contribution in [0.15, 0.2) is 18.2 Å². The molecule has 21 heavy (non-hydrogen) atoms. The molecule has 0 aromatic heterocycles. The van der Waals surface area contributed by atoms with Crippen molar-refractivity contribution < 1.29 is 8.78 Å². The van der Waals surface area contributed by atoms with E-state index in [2.05, 4.69) is 44.3 Å². The second-order valence-corrected chi connectivity index (χ2v) is 6.47. The van der Waals surface area contributed by atoms with Gasteiger partial charge >= 0.3 is 0 Å². The molecule has 0 radical (unpaired) electrons. The van der Waals surface area contributed by atoms with Crippen LogP contribution in [0.4, 0.5) is 8.78 Å². The van der Waals surface area contributed by atoms with Crippen molar-refractivity contribution in [3.05, 3.63) is 34.9 Å². The Morgan fingerprint density at radius 1 is 1.19 bits per heavy atom. The van der Waals surface area contributed by atoms with E-state index in [0.29, 0.717) is 18.8 Å². The van der Waals surface area contributed by atoms with Gasteiger partial charge in [-0.3, -0.25) is 0 Å². The van der Waals surface area contributed by atoms with Crippen molar-refractivity contribution in [1.82, 2.24) is 5.32 Å². The number of nitrogens with one attached hydrogen (secondary N) is 1. The predicted molar refractivity (Wildman–Crippen MR) is 83.9 cm³/mol.